The summed E-state index contributed by atoms with van der Waals surface area (Å²) in [6.45, 7) is 4.02. The Bertz CT molecular complexity index is 1080. The standard InChI is InChI=1S/C21H18FN4/c1-13-3-20-18(11-26-21(20)25-8-13)7-17-5-15(10-24-14(17)2)4-16-6-19(22)12-23-9-16/h3,5-6,8-9,11-12H,4,7H2,1-2H3,(H,25,26). The highest BCUT2D eigenvalue weighted by atomic mass is 19.1. The zero-order valence-electron chi connectivity index (χ0n) is 14.7. The van der Waals surface area contributed by atoms with Crippen LogP contribution in [0.1, 0.15) is 33.5 Å². The van der Waals surface area contributed by atoms with E-state index < -0.39 is 0 Å². The van der Waals surface area contributed by atoms with Gasteiger partial charge in [-0.05, 0) is 53.8 Å². The van der Waals surface area contributed by atoms with Crippen molar-refractivity contribution in [1.82, 2.24) is 19.9 Å². The highest BCUT2D eigenvalue weighted by Gasteiger charge is 2.10. The summed E-state index contributed by atoms with van der Waals surface area (Å²) in [5.74, 6) is -0.329. The average Bonchev–Trinajstić information content (AvgIpc) is 3.00. The van der Waals surface area contributed by atoms with E-state index in [-0.39, 0.29) is 5.82 Å². The minimum atomic E-state index is -0.329. The summed E-state index contributed by atoms with van der Waals surface area (Å²) in [7, 11) is 0. The summed E-state index contributed by atoms with van der Waals surface area (Å²) in [5.41, 5.74) is 7.02. The molecule has 129 valence electrons. The van der Waals surface area contributed by atoms with Gasteiger partial charge in [-0.2, -0.15) is 0 Å². The van der Waals surface area contributed by atoms with Crippen LogP contribution in [-0.2, 0) is 12.8 Å². The highest BCUT2D eigenvalue weighted by Crippen LogP contribution is 2.22. The maximum absolute atomic E-state index is 13.3. The molecular formula is C21H18FN4. The fraction of sp³-hybridized carbons (Fsp3) is 0.190. The number of rotatable bonds is 4. The van der Waals surface area contributed by atoms with Crippen molar-refractivity contribution in [1.29, 1.82) is 0 Å². The lowest BCUT2D eigenvalue weighted by Crippen LogP contribution is -1.99. The minimum absolute atomic E-state index is 0.329. The summed E-state index contributed by atoms with van der Waals surface area (Å²) in [5, 5.41) is 1.13. The Labute approximate surface area is 151 Å². The van der Waals surface area contributed by atoms with Gasteiger partial charge in [-0.1, -0.05) is 6.07 Å². The van der Waals surface area contributed by atoms with Crippen molar-refractivity contribution < 1.29 is 4.39 Å². The molecule has 4 nitrogen and oxygen atoms in total. The number of halogens is 1. The summed E-state index contributed by atoms with van der Waals surface area (Å²) in [4.78, 5) is 16.0. The smallest absolute Gasteiger partial charge is 0.141 e. The largest absolute Gasteiger partial charge is 0.346 e. The first-order chi connectivity index (χ1) is 12.6. The number of fused-ring (bicyclic) bond motifs is 1. The molecule has 1 radical (unpaired) electrons. The lowest BCUT2D eigenvalue weighted by atomic mass is 10.00. The number of aromatic amines is 1. The Morgan fingerprint density at radius 3 is 2.77 bits per heavy atom. The van der Waals surface area contributed by atoms with E-state index in [9.17, 15) is 4.39 Å². The molecule has 4 heterocycles. The Morgan fingerprint density at radius 2 is 1.92 bits per heavy atom. The van der Waals surface area contributed by atoms with E-state index >= 15 is 0 Å². The van der Waals surface area contributed by atoms with Gasteiger partial charge in [0.05, 0.1) is 12.4 Å². The third-order valence-electron chi connectivity index (χ3n) is 4.47. The molecule has 26 heavy (non-hydrogen) atoms. The van der Waals surface area contributed by atoms with Gasteiger partial charge in [0.2, 0.25) is 0 Å². The molecule has 4 aromatic heterocycles. The van der Waals surface area contributed by atoms with Crippen LogP contribution in [0, 0.1) is 25.9 Å². The maximum Gasteiger partial charge on any atom is 0.141 e. The van der Waals surface area contributed by atoms with Gasteiger partial charge in [-0.3, -0.25) is 9.97 Å². The average molecular weight is 345 g/mol. The number of hydrogen-bond acceptors (Lipinski definition) is 3. The SMILES string of the molecule is Cc1cnc2[nH]cc(Cc3cc(Cc4cncc(F)c4)[c]nc3C)c2c1. The van der Waals surface area contributed by atoms with Gasteiger partial charge in [-0.25, -0.2) is 9.37 Å². The number of pyridine rings is 3. The van der Waals surface area contributed by atoms with Crippen molar-refractivity contribution in [3.05, 3.63) is 88.5 Å². The van der Waals surface area contributed by atoms with Crippen LogP contribution in [-0.4, -0.2) is 19.9 Å². The Hall–Kier alpha value is -3.08. The molecule has 0 aliphatic rings. The number of nitrogens with zero attached hydrogens (tertiary/aromatic N) is 3. The molecule has 0 aliphatic heterocycles. The van der Waals surface area contributed by atoms with Gasteiger partial charge in [0.15, 0.2) is 0 Å². The first-order valence-electron chi connectivity index (χ1n) is 8.47. The first-order valence-corrected chi connectivity index (χ1v) is 8.47. The van der Waals surface area contributed by atoms with E-state index in [1.54, 1.807) is 6.20 Å². The maximum atomic E-state index is 13.3. The van der Waals surface area contributed by atoms with Crippen LogP contribution in [0.25, 0.3) is 11.0 Å². The number of H-pyrrole nitrogens is 1. The first kappa shape index (κ1) is 16.4. The van der Waals surface area contributed by atoms with Crippen LogP contribution in [0.5, 0.6) is 0 Å². The lowest BCUT2D eigenvalue weighted by molar-refractivity contribution is 0.619. The van der Waals surface area contributed by atoms with Crippen LogP contribution in [0.4, 0.5) is 4.39 Å². The van der Waals surface area contributed by atoms with Gasteiger partial charge >= 0.3 is 0 Å². The molecule has 0 amide bonds. The highest BCUT2D eigenvalue weighted by molar-refractivity contribution is 5.80. The van der Waals surface area contributed by atoms with E-state index in [0.29, 0.717) is 6.42 Å². The van der Waals surface area contributed by atoms with Crippen LogP contribution >= 0.6 is 0 Å². The topological polar surface area (TPSA) is 54.5 Å². The molecule has 0 saturated heterocycles. The van der Waals surface area contributed by atoms with E-state index in [4.69, 9.17) is 0 Å². The number of hydrogen-bond donors (Lipinski definition) is 1. The predicted molar refractivity (Wildman–Crippen MR) is 98.4 cm³/mol. The van der Waals surface area contributed by atoms with Crippen molar-refractivity contribution in [2.24, 2.45) is 0 Å². The van der Waals surface area contributed by atoms with Crippen LogP contribution in [0.2, 0.25) is 0 Å². The fourth-order valence-corrected chi connectivity index (χ4v) is 3.13. The Morgan fingerprint density at radius 1 is 1.04 bits per heavy atom. The van der Waals surface area contributed by atoms with Crippen molar-refractivity contribution in [3.63, 3.8) is 0 Å². The monoisotopic (exact) mass is 345 g/mol. The van der Waals surface area contributed by atoms with Crippen molar-refractivity contribution in [2.45, 2.75) is 26.7 Å². The second-order valence-corrected chi connectivity index (χ2v) is 6.59. The van der Waals surface area contributed by atoms with E-state index in [0.717, 1.165) is 45.4 Å². The number of aromatic nitrogens is 4. The van der Waals surface area contributed by atoms with Crippen molar-refractivity contribution >= 4 is 11.0 Å². The van der Waals surface area contributed by atoms with Crippen LogP contribution < -0.4 is 0 Å². The molecule has 0 aromatic carbocycles. The molecule has 0 saturated carbocycles. The number of nitrogens with one attached hydrogen (secondary N) is 1. The molecular weight excluding hydrogens is 327 g/mol. The third-order valence-corrected chi connectivity index (χ3v) is 4.47. The molecule has 4 aromatic rings. The summed E-state index contributed by atoms with van der Waals surface area (Å²) in [6, 6.07) is 5.73. The van der Waals surface area contributed by atoms with Crippen LogP contribution in [0.3, 0.4) is 0 Å². The quantitative estimate of drug-likeness (QED) is 0.606. The third kappa shape index (κ3) is 3.33. The Balaban J connectivity index is 1.64. The molecule has 0 atom stereocenters. The molecule has 0 bridgehead atoms. The Kier molecular flexibility index (Phi) is 4.21. The summed E-state index contributed by atoms with van der Waals surface area (Å²) >= 11 is 0. The molecule has 5 heteroatoms. The van der Waals surface area contributed by atoms with Gasteiger partial charge in [0.25, 0.3) is 0 Å². The zero-order chi connectivity index (χ0) is 18.1. The minimum Gasteiger partial charge on any atom is -0.346 e. The molecule has 0 spiro atoms. The fourth-order valence-electron chi connectivity index (χ4n) is 3.13. The van der Waals surface area contributed by atoms with Gasteiger partial charge in [0.1, 0.15) is 11.5 Å². The van der Waals surface area contributed by atoms with Crippen LogP contribution in [0.15, 0.2) is 43.0 Å². The van der Waals surface area contributed by atoms with Crippen molar-refractivity contribution in [3.8, 4) is 0 Å². The van der Waals surface area contributed by atoms with E-state index in [1.165, 1.54) is 17.8 Å². The molecule has 0 aliphatic carbocycles. The number of aryl methyl sites for hydroxylation is 2. The second-order valence-electron chi connectivity index (χ2n) is 6.59. The second kappa shape index (κ2) is 6.67. The zero-order valence-corrected chi connectivity index (χ0v) is 14.7. The summed E-state index contributed by atoms with van der Waals surface area (Å²) in [6.07, 6.45) is 11.1. The lowest BCUT2D eigenvalue weighted by Gasteiger charge is -2.08. The van der Waals surface area contributed by atoms with Gasteiger partial charge in [-0.15, -0.1) is 0 Å². The molecule has 1 N–H and O–H groups in total. The van der Waals surface area contributed by atoms with E-state index in [1.807, 2.05) is 26.2 Å². The molecule has 4 rings (SSSR count). The normalized spacial score (nSPS) is 11.2. The molecule has 0 unspecified atom stereocenters. The molecule has 0 fully saturated rings. The van der Waals surface area contributed by atoms with Gasteiger partial charge < -0.3 is 4.98 Å². The van der Waals surface area contributed by atoms with Crippen molar-refractivity contribution in [2.75, 3.05) is 0 Å². The predicted octanol–water partition coefficient (Wildman–Crippen LogP) is 4.09. The summed E-state index contributed by atoms with van der Waals surface area (Å²) < 4.78 is 13.3. The van der Waals surface area contributed by atoms with E-state index in [2.05, 4.69) is 38.3 Å². The van der Waals surface area contributed by atoms with Gasteiger partial charge in [0, 0.05) is 42.5 Å².